The van der Waals surface area contributed by atoms with Crippen molar-refractivity contribution in [1.29, 1.82) is 0 Å². The van der Waals surface area contributed by atoms with E-state index in [1.165, 1.54) is 21.7 Å². The summed E-state index contributed by atoms with van der Waals surface area (Å²) < 4.78 is 26.8. The zero-order chi connectivity index (χ0) is 15.8. The van der Waals surface area contributed by atoms with Crippen molar-refractivity contribution in [3.05, 3.63) is 39.3 Å². The maximum absolute atomic E-state index is 12.7. The van der Waals surface area contributed by atoms with Crippen molar-refractivity contribution < 1.29 is 8.42 Å². The van der Waals surface area contributed by atoms with E-state index in [1.54, 1.807) is 25.5 Å². The molecule has 0 amide bonds. The molecule has 114 valence electrons. The summed E-state index contributed by atoms with van der Waals surface area (Å²) in [5, 5.41) is 0. The second-order valence-electron chi connectivity index (χ2n) is 5.08. The van der Waals surface area contributed by atoms with E-state index < -0.39 is 10.0 Å². The molecule has 2 aromatic rings. The maximum Gasteiger partial charge on any atom is 0.243 e. The number of thiazole rings is 1. The lowest BCUT2D eigenvalue weighted by Gasteiger charge is -2.19. The third-order valence-electron chi connectivity index (χ3n) is 3.54. The molecule has 1 aromatic heterocycles. The lowest BCUT2D eigenvalue weighted by atomic mass is 10.1. The number of aryl methyl sites for hydroxylation is 2. The number of hydrogen-bond acceptors (Lipinski definition) is 5. The Hall–Kier alpha value is -1.44. The number of aromatic nitrogens is 1. The maximum atomic E-state index is 12.7. The minimum Gasteiger partial charge on any atom is -0.399 e. The number of rotatable bonds is 4. The molecule has 0 radical (unpaired) electrons. The van der Waals surface area contributed by atoms with Crippen molar-refractivity contribution in [2.75, 3.05) is 12.8 Å². The van der Waals surface area contributed by atoms with E-state index >= 15 is 0 Å². The van der Waals surface area contributed by atoms with Gasteiger partial charge in [-0.15, -0.1) is 11.3 Å². The van der Waals surface area contributed by atoms with Gasteiger partial charge in [0, 0.05) is 24.2 Å². The van der Waals surface area contributed by atoms with Gasteiger partial charge in [-0.05, 0) is 44.0 Å². The van der Waals surface area contributed by atoms with E-state index in [2.05, 4.69) is 4.98 Å². The number of benzene rings is 1. The van der Waals surface area contributed by atoms with Crippen molar-refractivity contribution in [2.24, 2.45) is 0 Å². The van der Waals surface area contributed by atoms with E-state index in [-0.39, 0.29) is 4.90 Å². The van der Waals surface area contributed by atoms with Crippen LogP contribution in [0.25, 0.3) is 0 Å². The van der Waals surface area contributed by atoms with Crippen molar-refractivity contribution >= 4 is 27.0 Å². The molecule has 5 nitrogen and oxygen atoms in total. The zero-order valence-electron chi connectivity index (χ0n) is 12.5. The number of nitrogens with zero attached hydrogens (tertiary/aromatic N) is 2. The van der Waals surface area contributed by atoms with E-state index in [1.807, 2.05) is 13.8 Å². The standard InChI is InChI=1S/C14H19N3O2S2/c1-9-5-12(15)6-14(10(9)2)21(18,19)17(4)7-13-11(3)16-8-20-13/h5-6,8H,7,15H2,1-4H3. The van der Waals surface area contributed by atoms with Crippen LogP contribution in [0, 0.1) is 20.8 Å². The van der Waals surface area contributed by atoms with Crippen LogP contribution in [-0.4, -0.2) is 24.8 Å². The van der Waals surface area contributed by atoms with Gasteiger partial charge in [0.1, 0.15) is 0 Å². The molecule has 21 heavy (non-hydrogen) atoms. The van der Waals surface area contributed by atoms with Gasteiger partial charge in [-0.2, -0.15) is 4.31 Å². The molecular formula is C14H19N3O2S2. The summed E-state index contributed by atoms with van der Waals surface area (Å²) in [4.78, 5) is 5.36. The highest BCUT2D eigenvalue weighted by molar-refractivity contribution is 7.89. The lowest BCUT2D eigenvalue weighted by molar-refractivity contribution is 0.468. The first-order valence-corrected chi connectivity index (χ1v) is 8.77. The van der Waals surface area contributed by atoms with E-state index in [0.717, 1.165) is 21.7 Å². The molecule has 0 atom stereocenters. The van der Waals surface area contributed by atoms with Gasteiger partial charge in [-0.25, -0.2) is 13.4 Å². The molecule has 0 fully saturated rings. The summed E-state index contributed by atoms with van der Waals surface area (Å²) in [5.41, 5.74) is 10.4. The van der Waals surface area contributed by atoms with Crippen LogP contribution < -0.4 is 5.73 Å². The molecule has 0 saturated heterocycles. The fourth-order valence-electron chi connectivity index (χ4n) is 2.05. The van der Waals surface area contributed by atoms with E-state index in [0.29, 0.717) is 12.2 Å². The Labute approximate surface area is 129 Å². The minimum absolute atomic E-state index is 0.268. The fourth-order valence-corrected chi connectivity index (χ4v) is 4.43. The average molecular weight is 325 g/mol. The molecule has 0 unspecified atom stereocenters. The number of nitrogen functional groups attached to an aromatic ring is 1. The summed E-state index contributed by atoms with van der Waals surface area (Å²) in [7, 11) is -2.00. The van der Waals surface area contributed by atoms with Crippen LogP contribution >= 0.6 is 11.3 Å². The molecule has 0 aliphatic carbocycles. The van der Waals surface area contributed by atoms with Crippen molar-refractivity contribution in [3.63, 3.8) is 0 Å². The van der Waals surface area contributed by atoms with E-state index in [9.17, 15) is 8.42 Å². The van der Waals surface area contributed by atoms with Crippen LogP contribution in [0.2, 0.25) is 0 Å². The Balaban J connectivity index is 2.40. The Bertz CT molecular complexity index is 767. The molecular weight excluding hydrogens is 306 g/mol. The Morgan fingerprint density at radius 3 is 2.52 bits per heavy atom. The van der Waals surface area contributed by atoms with Gasteiger partial charge in [-0.3, -0.25) is 0 Å². The first kappa shape index (κ1) is 15.9. The largest absolute Gasteiger partial charge is 0.399 e. The Kier molecular flexibility index (Phi) is 4.36. The molecule has 2 rings (SSSR count). The van der Waals surface area contributed by atoms with Crippen molar-refractivity contribution in [1.82, 2.24) is 9.29 Å². The number of sulfonamides is 1. The zero-order valence-corrected chi connectivity index (χ0v) is 14.2. The van der Waals surface area contributed by atoms with Crippen molar-refractivity contribution in [2.45, 2.75) is 32.2 Å². The number of nitrogens with two attached hydrogens (primary N) is 1. The van der Waals surface area contributed by atoms with Gasteiger partial charge in [0.15, 0.2) is 0 Å². The number of hydrogen-bond donors (Lipinski definition) is 1. The van der Waals surface area contributed by atoms with Crippen LogP contribution in [0.3, 0.4) is 0 Å². The minimum atomic E-state index is -3.58. The number of anilines is 1. The first-order chi connectivity index (χ1) is 9.73. The van der Waals surface area contributed by atoms with Gasteiger partial charge >= 0.3 is 0 Å². The molecule has 7 heteroatoms. The second kappa shape index (κ2) is 5.75. The fraction of sp³-hybridized carbons (Fsp3) is 0.357. The summed E-state index contributed by atoms with van der Waals surface area (Å²) in [6.45, 7) is 5.85. The summed E-state index contributed by atoms with van der Waals surface area (Å²) in [6.07, 6.45) is 0. The molecule has 2 N–H and O–H groups in total. The molecule has 0 saturated carbocycles. The molecule has 0 bridgehead atoms. The predicted molar refractivity (Wildman–Crippen MR) is 85.8 cm³/mol. The van der Waals surface area contributed by atoms with Gasteiger partial charge < -0.3 is 5.73 Å². The van der Waals surface area contributed by atoms with Gasteiger partial charge in [0.25, 0.3) is 0 Å². The summed E-state index contributed by atoms with van der Waals surface area (Å²) in [5.74, 6) is 0. The highest BCUT2D eigenvalue weighted by Crippen LogP contribution is 2.26. The van der Waals surface area contributed by atoms with Crippen molar-refractivity contribution in [3.8, 4) is 0 Å². The molecule has 0 spiro atoms. The smallest absolute Gasteiger partial charge is 0.243 e. The normalized spacial score (nSPS) is 12.0. The SMILES string of the molecule is Cc1cc(N)cc(S(=O)(=O)N(C)Cc2scnc2C)c1C. The quantitative estimate of drug-likeness (QED) is 0.876. The third kappa shape index (κ3) is 3.09. The topological polar surface area (TPSA) is 76.3 Å². The van der Waals surface area contributed by atoms with Crippen LogP contribution in [-0.2, 0) is 16.6 Å². The summed E-state index contributed by atoms with van der Waals surface area (Å²) >= 11 is 1.46. The Morgan fingerprint density at radius 1 is 1.29 bits per heavy atom. The monoisotopic (exact) mass is 325 g/mol. The van der Waals surface area contributed by atoms with Crippen LogP contribution in [0.15, 0.2) is 22.5 Å². The highest BCUT2D eigenvalue weighted by Gasteiger charge is 2.25. The van der Waals surface area contributed by atoms with Gasteiger partial charge in [-0.1, -0.05) is 0 Å². The average Bonchev–Trinajstić information content (AvgIpc) is 2.79. The predicted octanol–water partition coefficient (Wildman–Crippen LogP) is 2.47. The second-order valence-corrected chi connectivity index (χ2v) is 8.04. The molecule has 0 aliphatic rings. The van der Waals surface area contributed by atoms with Crippen LogP contribution in [0.1, 0.15) is 21.7 Å². The van der Waals surface area contributed by atoms with Gasteiger partial charge in [0.05, 0.1) is 16.1 Å². The molecule has 0 aliphatic heterocycles. The molecule has 1 aromatic carbocycles. The first-order valence-electron chi connectivity index (χ1n) is 6.45. The van der Waals surface area contributed by atoms with Crippen LogP contribution in [0.4, 0.5) is 5.69 Å². The lowest BCUT2D eigenvalue weighted by Crippen LogP contribution is -2.27. The van der Waals surface area contributed by atoms with Gasteiger partial charge in [0.2, 0.25) is 10.0 Å². The van der Waals surface area contributed by atoms with E-state index in [4.69, 9.17) is 5.73 Å². The summed E-state index contributed by atoms with van der Waals surface area (Å²) in [6, 6.07) is 3.30. The van der Waals surface area contributed by atoms with Crippen LogP contribution in [0.5, 0.6) is 0 Å². The Morgan fingerprint density at radius 2 is 1.95 bits per heavy atom. The third-order valence-corrected chi connectivity index (χ3v) is 6.39. The molecule has 1 heterocycles. The highest BCUT2D eigenvalue weighted by atomic mass is 32.2.